The Morgan fingerprint density at radius 1 is 1.42 bits per heavy atom. The molecular weight excluding hydrogens is 484 g/mol. The van der Waals surface area contributed by atoms with Gasteiger partial charge < -0.3 is 19.5 Å². The van der Waals surface area contributed by atoms with Crippen LogP contribution in [-0.4, -0.2) is 46.8 Å². The number of ether oxygens (including phenoxy) is 3. The maximum atomic E-state index is 13.0. The number of rotatable bonds is 9. The second kappa shape index (κ2) is 10.2. The molecule has 0 saturated carbocycles. The zero-order chi connectivity index (χ0) is 22.5. The van der Waals surface area contributed by atoms with E-state index in [2.05, 4.69) is 37.9 Å². The highest BCUT2D eigenvalue weighted by atomic mass is 79.9. The van der Waals surface area contributed by atoms with Gasteiger partial charge in [-0.3, -0.25) is 0 Å². The van der Waals surface area contributed by atoms with Gasteiger partial charge in [0.1, 0.15) is 12.6 Å². The third-order valence-electron chi connectivity index (χ3n) is 4.51. The summed E-state index contributed by atoms with van der Waals surface area (Å²) in [4.78, 5) is 17.6. The fourth-order valence-corrected chi connectivity index (χ4v) is 4.49. The average molecular weight is 509 g/mol. The molecule has 1 atom stereocenters. The maximum Gasteiger partial charge on any atom is 0.338 e. The molecular formula is C21H25BrN4O4S. The number of carbonyl (C=O) groups excluding carboxylic acids is 1. The van der Waals surface area contributed by atoms with Crippen LogP contribution in [0, 0.1) is 0 Å². The Balaban J connectivity index is 2.19. The quantitative estimate of drug-likeness (QED) is 0.299. The third kappa shape index (κ3) is 4.74. The van der Waals surface area contributed by atoms with Gasteiger partial charge in [0.2, 0.25) is 11.1 Å². The van der Waals surface area contributed by atoms with Crippen LogP contribution in [0.1, 0.15) is 32.4 Å². The van der Waals surface area contributed by atoms with Crippen molar-refractivity contribution in [3.63, 3.8) is 0 Å². The van der Waals surface area contributed by atoms with Crippen LogP contribution < -0.4 is 14.8 Å². The number of halogens is 1. The van der Waals surface area contributed by atoms with E-state index >= 15 is 0 Å². The highest BCUT2D eigenvalue weighted by Gasteiger charge is 2.36. The number of thioether (sulfide) groups is 1. The van der Waals surface area contributed by atoms with Crippen LogP contribution in [0.15, 0.2) is 45.7 Å². The third-order valence-corrected chi connectivity index (χ3v) is 5.82. The molecule has 1 aliphatic heterocycles. The molecule has 0 fully saturated rings. The predicted octanol–water partition coefficient (Wildman–Crippen LogP) is 4.58. The van der Waals surface area contributed by atoms with E-state index < -0.39 is 12.0 Å². The Bertz CT molecular complexity index is 1020. The molecule has 31 heavy (non-hydrogen) atoms. The first-order valence-corrected chi connectivity index (χ1v) is 11.6. The molecule has 1 unspecified atom stereocenters. The van der Waals surface area contributed by atoms with Crippen molar-refractivity contribution in [2.75, 3.05) is 31.4 Å². The smallest absolute Gasteiger partial charge is 0.338 e. The normalized spacial score (nSPS) is 15.2. The molecule has 1 N–H and O–H groups in total. The lowest BCUT2D eigenvalue weighted by Crippen LogP contribution is -2.29. The lowest BCUT2D eigenvalue weighted by molar-refractivity contribution is -0.138. The van der Waals surface area contributed by atoms with Gasteiger partial charge in [-0.1, -0.05) is 31.3 Å². The van der Waals surface area contributed by atoms with E-state index in [9.17, 15) is 4.79 Å². The molecule has 0 bridgehead atoms. The minimum absolute atomic E-state index is 0.111. The van der Waals surface area contributed by atoms with Crippen LogP contribution in [0.2, 0.25) is 0 Å². The van der Waals surface area contributed by atoms with Crippen LogP contribution in [0.5, 0.6) is 11.5 Å². The lowest BCUT2D eigenvalue weighted by atomic mass is 9.95. The van der Waals surface area contributed by atoms with Gasteiger partial charge in [0, 0.05) is 5.70 Å². The summed E-state index contributed by atoms with van der Waals surface area (Å²) in [6.45, 7) is 9.95. The summed E-state index contributed by atoms with van der Waals surface area (Å²) in [5, 5.41) is 8.46. The van der Waals surface area contributed by atoms with Gasteiger partial charge in [0.05, 0.1) is 23.8 Å². The van der Waals surface area contributed by atoms with E-state index in [0.29, 0.717) is 45.0 Å². The largest absolute Gasteiger partial charge is 0.492 e. The first-order chi connectivity index (χ1) is 14.9. The number of fused-ring (bicyclic) bond motifs is 1. The van der Waals surface area contributed by atoms with Gasteiger partial charge in [0.15, 0.2) is 11.5 Å². The van der Waals surface area contributed by atoms with Crippen LogP contribution >= 0.6 is 27.7 Å². The Labute approximate surface area is 194 Å². The van der Waals surface area contributed by atoms with Crippen molar-refractivity contribution in [2.45, 2.75) is 32.0 Å². The van der Waals surface area contributed by atoms with Gasteiger partial charge in [-0.15, -0.1) is 5.10 Å². The summed E-state index contributed by atoms with van der Waals surface area (Å²) in [6.07, 6.45) is 1.53. The topological polar surface area (TPSA) is 87.5 Å². The highest BCUT2D eigenvalue weighted by Crippen LogP contribution is 2.43. The van der Waals surface area contributed by atoms with Gasteiger partial charge in [-0.25, -0.2) is 9.48 Å². The van der Waals surface area contributed by atoms with Crippen molar-refractivity contribution in [3.8, 4) is 11.5 Å². The molecule has 0 spiro atoms. The molecule has 2 aromatic rings. The minimum atomic E-state index is -0.561. The Morgan fingerprint density at radius 3 is 2.84 bits per heavy atom. The SMILES string of the molecule is C=CCOC(=O)C1=C(C)Nc2nc(SCC)nn2C1c1cc(Br)c(OC)c(OCC)c1. The van der Waals surface area contributed by atoms with E-state index in [0.717, 1.165) is 11.3 Å². The first-order valence-electron chi connectivity index (χ1n) is 9.80. The number of carbonyl (C=O) groups is 1. The van der Waals surface area contributed by atoms with E-state index in [-0.39, 0.29) is 6.61 Å². The molecule has 0 saturated heterocycles. The van der Waals surface area contributed by atoms with Crippen molar-refractivity contribution in [1.29, 1.82) is 0 Å². The number of nitrogens with one attached hydrogen (secondary N) is 1. The van der Waals surface area contributed by atoms with Crippen molar-refractivity contribution in [3.05, 3.63) is 46.1 Å². The molecule has 1 aliphatic rings. The number of benzene rings is 1. The molecule has 3 rings (SSSR count). The molecule has 10 heteroatoms. The number of nitrogens with zero attached hydrogens (tertiary/aromatic N) is 3. The zero-order valence-electron chi connectivity index (χ0n) is 17.9. The van der Waals surface area contributed by atoms with E-state index in [4.69, 9.17) is 14.2 Å². The standard InChI is InChI=1S/C21H25BrN4O4S/c1-6-9-30-19(27)16-12(4)23-20-24-21(31-8-3)25-26(20)17(16)13-10-14(22)18(28-5)15(11-13)29-7-2/h6,10-11,17H,1,7-9H2,2-5H3,(H,23,24,25). The second-order valence-electron chi connectivity index (χ2n) is 6.52. The molecule has 2 heterocycles. The lowest BCUT2D eigenvalue weighted by Gasteiger charge is -2.28. The molecule has 8 nitrogen and oxygen atoms in total. The minimum Gasteiger partial charge on any atom is -0.492 e. The average Bonchev–Trinajstić information content (AvgIpc) is 3.13. The number of methoxy groups -OCH3 is 1. The van der Waals surface area contributed by atoms with Gasteiger partial charge in [-0.2, -0.15) is 4.98 Å². The summed E-state index contributed by atoms with van der Waals surface area (Å²) in [5.41, 5.74) is 1.87. The molecule has 1 aromatic carbocycles. The van der Waals surface area contributed by atoms with Crippen LogP contribution in [0.25, 0.3) is 0 Å². The van der Waals surface area contributed by atoms with Crippen LogP contribution in [0.4, 0.5) is 5.95 Å². The van der Waals surface area contributed by atoms with E-state index in [1.165, 1.54) is 17.8 Å². The fourth-order valence-electron chi connectivity index (χ4n) is 3.31. The summed E-state index contributed by atoms with van der Waals surface area (Å²) >= 11 is 5.09. The zero-order valence-corrected chi connectivity index (χ0v) is 20.3. The number of anilines is 1. The van der Waals surface area contributed by atoms with Crippen LogP contribution in [-0.2, 0) is 9.53 Å². The Hall–Kier alpha value is -2.46. The van der Waals surface area contributed by atoms with Crippen molar-refractivity contribution in [1.82, 2.24) is 14.8 Å². The Morgan fingerprint density at radius 2 is 2.19 bits per heavy atom. The number of aromatic nitrogens is 3. The Kier molecular flexibility index (Phi) is 7.66. The maximum absolute atomic E-state index is 13.0. The first kappa shape index (κ1) is 23.2. The summed E-state index contributed by atoms with van der Waals surface area (Å²) in [5.74, 6) is 2.08. The molecule has 0 aliphatic carbocycles. The molecule has 166 valence electrons. The summed E-state index contributed by atoms with van der Waals surface area (Å²) in [6, 6.07) is 3.19. The summed E-state index contributed by atoms with van der Waals surface area (Å²) < 4.78 is 19.1. The number of allylic oxidation sites excluding steroid dienone is 1. The second-order valence-corrected chi connectivity index (χ2v) is 8.60. The predicted molar refractivity (Wildman–Crippen MR) is 124 cm³/mol. The molecule has 1 aromatic heterocycles. The van der Waals surface area contributed by atoms with Gasteiger partial charge >= 0.3 is 5.97 Å². The fraction of sp³-hybridized carbons (Fsp3) is 0.381. The highest BCUT2D eigenvalue weighted by molar-refractivity contribution is 9.10. The molecule has 0 radical (unpaired) electrons. The van der Waals surface area contributed by atoms with Gasteiger partial charge in [-0.05, 0) is 53.2 Å². The van der Waals surface area contributed by atoms with Crippen molar-refractivity contribution in [2.24, 2.45) is 0 Å². The van der Waals surface area contributed by atoms with Gasteiger partial charge in [0.25, 0.3) is 0 Å². The van der Waals surface area contributed by atoms with E-state index in [1.807, 2.05) is 32.9 Å². The summed E-state index contributed by atoms with van der Waals surface area (Å²) in [7, 11) is 1.58. The van der Waals surface area contributed by atoms with Crippen molar-refractivity contribution < 1.29 is 19.0 Å². The van der Waals surface area contributed by atoms with Crippen LogP contribution in [0.3, 0.4) is 0 Å². The monoisotopic (exact) mass is 508 g/mol. The number of esters is 1. The molecule has 0 amide bonds. The number of hydrogen-bond donors (Lipinski definition) is 1. The number of hydrogen-bond acceptors (Lipinski definition) is 8. The van der Waals surface area contributed by atoms with Crippen molar-refractivity contribution >= 4 is 39.6 Å². The van der Waals surface area contributed by atoms with E-state index in [1.54, 1.807) is 11.8 Å².